The zero-order chi connectivity index (χ0) is 9.47. The second-order valence-electron chi connectivity index (χ2n) is 3.96. The van der Waals surface area contributed by atoms with Gasteiger partial charge in [-0.2, -0.15) is 0 Å². The van der Waals surface area contributed by atoms with E-state index in [9.17, 15) is 5.11 Å². The fourth-order valence-electron chi connectivity index (χ4n) is 2.17. The molecule has 0 aliphatic heterocycles. The van der Waals surface area contributed by atoms with Crippen LogP contribution >= 0.6 is 0 Å². The van der Waals surface area contributed by atoms with Crippen LogP contribution < -0.4 is 5.73 Å². The predicted octanol–water partition coefficient (Wildman–Crippen LogP) is 1.03. The zero-order valence-electron chi connectivity index (χ0n) is 7.83. The number of hydrogen-bond donors (Lipinski definition) is 2. The lowest BCUT2D eigenvalue weighted by Crippen LogP contribution is -2.43. The Bertz CT molecular complexity index is 324. The van der Waals surface area contributed by atoms with Gasteiger partial charge in [-0.05, 0) is 23.5 Å². The molecule has 1 aliphatic rings. The van der Waals surface area contributed by atoms with E-state index in [0.717, 1.165) is 12.0 Å². The van der Waals surface area contributed by atoms with E-state index in [-0.39, 0.29) is 6.61 Å². The van der Waals surface area contributed by atoms with Crippen molar-refractivity contribution in [3.05, 3.63) is 35.4 Å². The quantitative estimate of drug-likeness (QED) is 0.673. The van der Waals surface area contributed by atoms with Gasteiger partial charge in [0.15, 0.2) is 0 Å². The number of aliphatic hydroxyl groups excluding tert-OH is 1. The molecule has 0 heterocycles. The van der Waals surface area contributed by atoms with Crippen LogP contribution in [0.15, 0.2) is 24.3 Å². The van der Waals surface area contributed by atoms with Crippen molar-refractivity contribution in [2.45, 2.75) is 18.9 Å². The summed E-state index contributed by atoms with van der Waals surface area (Å²) in [4.78, 5) is 0. The first-order valence-corrected chi connectivity index (χ1v) is 4.66. The van der Waals surface area contributed by atoms with Crippen molar-refractivity contribution in [1.29, 1.82) is 0 Å². The average Bonchev–Trinajstić information content (AvgIpc) is 2.41. The molecular weight excluding hydrogens is 162 g/mol. The van der Waals surface area contributed by atoms with Crippen molar-refractivity contribution in [2.75, 3.05) is 6.61 Å². The Morgan fingerprint density at radius 2 is 2.23 bits per heavy atom. The summed E-state index contributed by atoms with van der Waals surface area (Å²) in [7, 11) is 0. The first-order chi connectivity index (χ1) is 6.18. The Labute approximate surface area is 78.4 Å². The molecule has 70 valence electrons. The van der Waals surface area contributed by atoms with E-state index in [2.05, 4.69) is 13.0 Å². The topological polar surface area (TPSA) is 46.2 Å². The number of nitrogens with two attached hydrogens (primary N) is 1. The summed E-state index contributed by atoms with van der Waals surface area (Å²) in [6, 6.07) is 8.12. The smallest absolute Gasteiger partial charge is 0.0675 e. The van der Waals surface area contributed by atoms with Crippen LogP contribution in [-0.4, -0.2) is 11.7 Å². The molecule has 1 aromatic rings. The van der Waals surface area contributed by atoms with E-state index >= 15 is 0 Å². The molecule has 13 heavy (non-hydrogen) atoms. The summed E-state index contributed by atoms with van der Waals surface area (Å²) in [5, 5.41) is 9.32. The Balaban J connectivity index is 2.52. The van der Waals surface area contributed by atoms with E-state index in [1.54, 1.807) is 0 Å². The molecule has 0 bridgehead atoms. The van der Waals surface area contributed by atoms with E-state index < -0.39 is 5.54 Å². The van der Waals surface area contributed by atoms with Crippen molar-refractivity contribution in [3.8, 4) is 0 Å². The lowest BCUT2D eigenvalue weighted by molar-refractivity contribution is 0.159. The summed E-state index contributed by atoms with van der Waals surface area (Å²) in [5.41, 5.74) is 8.05. The third kappa shape index (κ3) is 1.10. The molecular formula is C11H15NO. The standard InChI is InChI=1S/C11H15NO/c1-8-6-9-4-2-3-5-10(9)11(8,12)7-13/h2-5,8,13H,6-7,12H2,1H3. The first-order valence-electron chi connectivity index (χ1n) is 4.66. The predicted molar refractivity (Wildman–Crippen MR) is 52.3 cm³/mol. The summed E-state index contributed by atoms with van der Waals surface area (Å²) in [5.74, 6) is 0.329. The highest BCUT2D eigenvalue weighted by molar-refractivity contribution is 5.39. The van der Waals surface area contributed by atoms with Crippen molar-refractivity contribution in [3.63, 3.8) is 0 Å². The molecule has 3 N–H and O–H groups in total. The fourth-order valence-corrected chi connectivity index (χ4v) is 2.17. The van der Waals surface area contributed by atoms with Crippen LogP contribution in [0.5, 0.6) is 0 Å². The van der Waals surface area contributed by atoms with E-state index in [1.165, 1.54) is 5.56 Å². The van der Waals surface area contributed by atoms with E-state index in [0.29, 0.717) is 5.92 Å². The highest BCUT2D eigenvalue weighted by atomic mass is 16.3. The number of rotatable bonds is 1. The molecule has 2 atom stereocenters. The van der Waals surface area contributed by atoms with Crippen molar-refractivity contribution in [2.24, 2.45) is 11.7 Å². The van der Waals surface area contributed by atoms with Gasteiger partial charge in [-0.1, -0.05) is 31.2 Å². The van der Waals surface area contributed by atoms with Crippen molar-refractivity contribution >= 4 is 0 Å². The van der Waals surface area contributed by atoms with Gasteiger partial charge < -0.3 is 10.8 Å². The number of fused-ring (bicyclic) bond motifs is 1. The van der Waals surface area contributed by atoms with Crippen LogP contribution in [0.25, 0.3) is 0 Å². The minimum Gasteiger partial charge on any atom is -0.394 e. The molecule has 0 fully saturated rings. The molecule has 0 saturated carbocycles. The molecule has 0 aromatic heterocycles. The average molecular weight is 177 g/mol. The maximum absolute atomic E-state index is 9.32. The summed E-state index contributed by atoms with van der Waals surface area (Å²) in [6.07, 6.45) is 0.979. The molecule has 0 radical (unpaired) electrons. The lowest BCUT2D eigenvalue weighted by Gasteiger charge is -2.27. The largest absolute Gasteiger partial charge is 0.394 e. The van der Waals surface area contributed by atoms with Gasteiger partial charge in [0.1, 0.15) is 0 Å². The van der Waals surface area contributed by atoms with Crippen LogP contribution in [-0.2, 0) is 12.0 Å². The van der Waals surface area contributed by atoms with Gasteiger partial charge in [-0.3, -0.25) is 0 Å². The van der Waals surface area contributed by atoms with E-state index in [4.69, 9.17) is 5.73 Å². The maximum atomic E-state index is 9.32. The zero-order valence-corrected chi connectivity index (χ0v) is 7.83. The van der Waals surface area contributed by atoms with Crippen molar-refractivity contribution < 1.29 is 5.11 Å². The second kappa shape index (κ2) is 2.82. The van der Waals surface area contributed by atoms with Gasteiger partial charge in [0.2, 0.25) is 0 Å². The summed E-state index contributed by atoms with van der Waals surface area (Å²) in [6.45, 7) is 2.13. The molecule has 2 unspecified atom stereocenters. The molecule has 0 spiro atoms. The SMILES string of the molecule is CC1Cc2ccccc2C1(N)CO. The number of benzene rings is 1. The van der Waals surface area contributed by atoms with Crippen LogP contribution in [0.4, 0.5) is 0 Å². The van der Waals surface area contributed by atoms with E-state index in [1.807, 2.05) is 18.2 Å². The Hall–Kier alpha value is -0.860. The summed E-state index contributed by atoms with van der Waals surface area (Å²) < 4.78 is 0. The molecule has 0 saturated heterocycles. The molecule has 2 rings (SSSR count). The number of aliphatic hydroxyl groups is 1. The fraction of sp³-hybridized carbons (Fsp3) is 0.455. The Morgan fingerprint density at radius 3 is 2.92 bits per heavy atom. The summed E-state index contributed by atoms with van der Waals surface area (Å²) >= 11 is 0. The van der Waals surface area contributed by atoms with Crippen LogP contribution in [0.2, 0.25) is 0 Å². The molecule has 0 amide bonds. The van der Waals surface area contributed by atoms with Gasteiger partial charge in [0.25, 0.3) is 0 Å². The highest BCUT2D eigenvalue weighted by Crippen LogP contribution is 2.38. The van der Waals surface area contributed by atoms with Gasteiger partial charge >= 0.3 is 0 Å². The molecule has 2 nitrogen and oxygen atoms in total. The maximum Gasteiger partial charge on any atom is 0.0675 e. The lowest BCUT2D eigenvalue weighted by atomic mass is 9.87. The van der Waals surface area contributed by atoms with Gasteiger partial charge in [-0.15, -0.1) is 0 Å². The van der Waals surface area contributed by atoms with Gasteiger partial charge in [-0.25, -0.2) is 0 Å². The van der Waals surface area contributed by atoms with Crippen LogP contribution in [0.1, 0.15) is 18.1 Å². The molecule has 2 heteroatoms. The minimum atomic E-state index is -0.517. The van der Waals surface area contributed by atoms with Crippen molar-refractivity contribution in [1.82, 2.24) is 0 Å². The molecule has 1 aromatic carbocycles. The Kier molecular flexibility index (Phi) is 1.90. The third-order valence-electron chi connectivity index (χ3n) is 3.19. The second-order valence-corrected chi connectivity index (χ2v) is 3.96. The van der Waals surface area contributed by atoms with Gasteiger partial charge in [0.05, 0.1) is 12.1 Å². The van der Waals surface area contributed by atoms with Crippen LogP contribution in [0.3, 0.4) is 0 Å². The molecule has 1 aliphatic carbocycles. The Morgan fingerprint density at radius 1 is 1.54 bits per heavy atom. The third-order valence-corrected chi connectivity index (χ3v) is 3.19. The monoisotopic (exact) mass is 177 g/mol. The minimum absolute atomic E-state index is 0.0329. The normalized spacial score (nSPS) is 31.8. The van der Waals surface area contributed by atoms with Crippen LogP contribution in [0, 0.1) is 5.92 Å². The number of hydrogen-bond acceptors (Lipinski definition) is 2. The highest BCUT2D eigenvalue weighted by Gasteiger charge is 2.40. The van der Waals surface area contributed by atoms with Gasteiger partial charge in [0, 0.05) is 0 Å². The first kappa shape index (κ1) is 8.73.